The van der Waals surface area contributed by atoms with Crippen LogP contribution in [0.25, 0.3) is 0 Å². The molecular weight excluding hydrogens is 240 g/mol. The molecule has 1 aliphatic carbocycles. The molecule has 0 radical (unpaired) electrons. The number of carbonyl (C=O) groups is 1. The maximum atomic E-state index is 12.4. The summed E-state index contributed by atoms with van der Waals surface area (Å²) in [5, 5.41) is 0. The van der Waals surface area contributed by atoms with Gasteiger partial charge >= 0.3 is 0 Å². The Morgan fingerprint density at radius 1 is 1.21 bits per heavy atom. The highest BCUT2D eigenvalue weighted by atomic mass is 16.5. The molecule has 2 aliphatic rings. The van der Waals surface area contributed by atoms with E-state index in [0.717, 1.165) is 32.6 Å². The second-order valence-electron chi connectivity index (χ2n) is 6.20. The van der Waals surface area contributed by atoms with E-state index in [4.69, 9.17) is 10.5 Å². The topological polar surface area (TPSA) is 55.6 Å². The predicted molar refractivity (Wildman–Crippen MR) is 75.7 cm³/mol. The van der Waals surface area contributed by atoms with Crippen LogP contribution in [-0.4, -0.2) is 43.7 Å². The van der Waals surface area contributed by atoms with Gasteiger partial charge in [0.15, 0.2) is 0 Å². The number of hydrogen-bond acceptors (Lipinski definition) is 3. The first-order valence-corrected chi connectivity index (χ1v) is 7.77. The smallest absolute Gasteiger partial charge is 0.239 e. The van der Waals surface area contributed by atoms with Crippen molar-refractivity contribution >= 4 is 5.91 Å². The Morgan fingerprint density at radius 3 is 2.47 bits per heavy atom. The lowest BCUT2D eigenvalue weighted by Crippen LogP contribution is -2.48. The van der Waals surface area contributed by atoms with Crippen molar-refractivity contribution in [1.82, 2.24) is 4.90 Å². The summed E-state index contributed by atoms with van der Waals surface area (Å²) in [5.74, 6) is 1.11. The van der Waals surface area contributed by atoms with Crippen LogP contribution in [0.3, 0.4) is 0 Å². The first-order valence-electron chi connectivity index (χ1n) is 7.77. The highest BCUT2D eigenvalue weighted by Crippen LogP contribution is 2.25. The normalized spacial score (nSPS) is 24.1. The van der Waals surface area contributed by atoms with Crippen LogP contribution in [-0.2, 0) is 9.53 Å². The molecule has 1 heterocycles. The quantitative estimate of drug-likeness (QED) is 0.845. The summed E-state index contributed by atoms with van der Waals surface area (Å²) in [7, 11) is 1.91. The molecule has 19 heavy (non-hydrogen) atoms. The van der Waals surface area contributed by atoms with Gasteiger partial charge in [-0.1, -0.05) is 19.3 Å². The number of likely N-dealkylation sites (N-methyl/N-ethyl adjacent to an activating group) is 1. The monoisotopic (exact) mass is 268 g/mol. The van der Waals surface area contributed by atoms with E-state index in [1.807, 2.05) is 11.9 Å². The van der Waals surface area contributed by atoms with Crippen molar-refractivity contribution in [3.63, 3.8) is 0 Å². The van der Waals surface area contributed by atoms with Crippen LogP contribution in [0.1, 0.15) is 44.9 Å². The van der Waals surface area contributed by atoms with Crippen LogP contribution in [0.15, 0.2) is 0 Å². The van der Waals surface area contributed by atoms with Crippen LogP contribution in [0, 0.1) is 11.8 Å². The lowest BCUT2D eigenvalue weighted by molar-refractivity contribution is -0.134. The molecule has 4 nitrogen and oxygen atoms in total. The zero-order valence-corrected chi connectivity index (χ0v) is 12.1. The fourth-order valence-electron chi connectivity index (χ4n) is 3.38. The van der Waals surface area contributed by atoms with Gasteiger partial charge in [0.05, 0.1) is 6.04 Å². The van der Waals surface area contributed by atoms with E-state index in [1.165, 1.54) is 32.1 Å². The molecule has 2 N–H and O–H groups in total. The third-order valence-electron chi connectivity index (χ3n) is 4.69. The van der Waals surface area contributed by atoms with Crippen molar-refractivity contribution in [2.75, 3.05) is 26.8 Å². The zero-order valence-electron chi connectivity index (χ0n) is 12.1. The van der Waals surface area contributed by atoms with Crippen molar-refractivity contribution in [2.24, 2.45) is 17.6 Å². The lowest BCUT2D eigenvalue weighted by atomic mass is 9.88. The summed E-state index contributed by atoms with van der Waals surface area (Å²) in [6.45, 7) is 2.38. The molecule has 4 heteroatoms. The first-order chi connectivity index (χ1) is 9.18. The number of rotatable bonds is 4. The number of nitrogens with zero attached hydrogens (tertiary/aromatic N) is 1. The summed E-state index contributed by atoms with van der Waals surface area (Å²) in [6.07, 6.45) is 8.37. The summed E-state index contributed by atoms with van der Waals surface area (Å²) in [6, 6.07) is -0.336. The molecule has 0 aromatic carbocycles. The number of amides is 1. The van der Waals surface area contributed by atoms with Gasteiger partial charge in [0, 0.05) is 26.8 Å². The van der Waals surface area contributed by atoms with Gasteiger partial charge in [-0.05, 0) is 37.5 Å². The summed E-state index contributed by atoms with van der Waals surface area (Å²) in [4.78, 5) is 14.2. The SMILES string of the molecule is CN(CC1CCCCC1)C(=O)C(N)C1CCOCC1. The molecule has 0 aromatic rings. The molecule has 1 aliphatic heterocycles. The summed E-state index contributed by atoms with van der Waals surface area (Å²) in [5.41, 5.74) is 6.15. The number of nitrogens with two attached hydrogens (primary N) is 1. The molecule has 0 spiro atoms. The minimum Gasteiger partial charge on any atom is -0.381 e. The zero-order chi connectivity index (χ0) is 13.7. The second kappa shape index (κ2) is 7.25. The van der Waals surface area contributed by atoms with E-state index in [1.54, 1.807) is 0 Å². The highest BCUT2D eigenvalue weighted by molar-refractivity contribution is 5.81. The van der Waals surface area contributed by atoms with E-state index in [0.29, 0.717) is 11.8 Å². The van der Waals surface area contributed by atoms with Gasteiger partial charge in [-0.15, -0.1) is 0 Å². The Kier molecular flexibility index (Phi) is 5.64. The van der Waals surface area contributed by atoms with Crippen molar-refractivity contribution < 1.29 is 9.53 Å². The third kappa shape index (κ3) is 4.18. The first kappa shape index (κ1) is 14.8. The van der Waals surface area contributed by atoms with Crippen molar-refractivity contribution in [3.8, 4) is 0 Å². The Labute approximate surface area is 116 Å². The lowest BCUT2D eigenvalue weighted by Gasteiger charge is -2.32. The van der Waals surface area contributed by atoms with Crippen LogP contribution in [0.5, 0.6) is 0 Å². The molecule has 2 rings (SSSR count). The van der Waals surface area contributed by atoms with E-state index < -0.39 is 0 Å². The molecule has 1 unspecified atom stereocenters. The van der Waals surface area contributed by atoms with Crippen LogP contribution in [0.4, 0.5) is 0 Å². The average molecular weight is 268 g/mol. The number of ether oxygens (including phenoxy) is 1. The Balaban J connectivity index is 1.79. The van der Waals surface area contributed by atoms with Crippen LogP contribution < -0.4 is 5.73 Å². The van der Waals surface area contributed by atoms with Gasteiger partial charge < -0.3 is 15.4 Å². The molecule has 2 fully saturated rings. The van der Waals surface area contributed by atoms with Gasteiger partial charge in [0.25, 0.3) is 0 Å². The summed E-state index contributed by atoms with van der Waals surface area (Å²) < 4.78 is 5.33. The van der Waals surface area contributed by atoms with Gasteiger partial charge in [0.2, 0.25) is 5.91 Å². The van der Waals surface area contributed by atoms with Gasteiger partial charge in [-0.3, -0.25) is 4.79 Å². The highest BCUT2D eigenvalue weighted by Gasteiger charge is 2.29. The van der Waals surface area contributed by atoms with Gasteiger partial charge in [0.1, 0.15) is 0 Å². The molecule has 1 amide bonds. The average Bonchev–Trinajstić information content (AvgIpc) is 2.47. The van der Waals surface area contributed by atoms with E-state index in [-0.39, 0.29) is 11.9 Å². The molecule has 1 saturated carbocycles. The van der Waals surface area contributed by atoms with E-state index >= 15 is 0 Å². The number of carbonyl (C=O) groups excluding carboxylic acids is 1. The van der Waals surface area contributed by atoms with Crippen molar-refractivity contribution in [1.29, 1.82) is 0 Å². The maximum Gasteiger partial charge on any atom is 0.239 e. The Bertz CT molecular complexity index is 284. The fraction of sp³-hybridized carbons (Fsp3) is 0.933. The number of hydrogen-bond donors (Lipinski definition) is 1. The minimum atomic E-state index is -0.336. The predicted octanol–water partition coefficient (Wildman–Crippen LogP) is 1.78. The van der Waals surface area contributed by atoms with Crippen LogP contribution in [0.2, 0.25) is 0 Å². The fourth-order valence-corrected chi connectivity index (χ4v) is 3.38. The second-order valence-corrected chi connectivity index (χ2v) is 6.20. The summed E-state index contributed by atoms with van der Waals surface area (Å²) >= 11 is 0. The molecule has 110 valence electrons. The molecule has 1 atom stereocenters. The minimum absolute atomic E-state index is 0.123. The van der Waals surface area contributed by atoms with Crippen molar-refractivity contribution in [2.45, 2.75) is 51.0 Å². The standard InChI is InChI=1S/C15H28N2O2/c1-17(11-12-5-3-2-4-6-12)15(18)14(16)13-7-9-19-10-8-13/h12-14H,2-11,16H2,1H3. The molecule has 0 bridgehead atoms. The maximum absolute atomic E-state index is 12.4. The molecule has 0 aromatic heterocycles. The van der Waals surface area contributed by atoms with Crippen LogP contribution >= 0.6 is 0 Å². The van der Waals surface area contributed by atoms with Gasteiger partial charge in [-0.2, -0.15) is 0 Å². The Hall–Kier alpha value is -0.610. The Morgan fingerprint density at radius 2 is 1.84 bits per heavy atom. The largest absolute Gasteiger partial charge is 0.381 e. The molecular formula is C15H28N2O2. The molecule has 1 saturated heterocycles. The van der Waals surface area contributed by atoms with Crippen molar-refractivity contribution in [3.05, 3.63) is 0 Å². The van der Waals surface area contributed by atoms with E-state index in [9.17, 15) is 4.79 Å². The third-order valence-corrected chi connectivity index (χ3v) is 4.69. The van der Waals surface area contributed by atoms with E-state index in [2.05, 4.69) is 0 Å². The van der Waals surface area contributed by atoms with Gasteiger partial charge in [-0.25, -0.2) is 0 Å².